The zero-order valence-electron chi connectivity index (χ0n) is 14.2. The van der Waals surface area contributed by atoms with Crippen LogP contribution < -0.4 is 10.9 Å². The highest BCUT2D eigenvalue weighted by molar-refractivity contribution is 7.18. The third kappa shape index (κ3) is 3.63. The van der Waals surface area contributed by atoms with Crippen molar-refractivity contribution in [3.05, 3.63) is 63.0 Å². The van der Waals surface area contributed by atoms with Crippen LogP contribution in [0.5, 0.6) is 0 Å². The molecule has 6 nitrogen and oxygen atoms in total. The molecule has 0 unspecified atom stereocenters. The first-order valence-electron chi connectivity index (χ1n) is 7.88. The van der Waals surface area contributed by atoms with E-state index in [1.807, 2.05) is 6.92 Å². The molecule has 0 saturated heterocycles. The van der Waals surface area contributed by atoms with E-state index in [9.17, 15) is 9.59 Å². The number of esters is 1. The second-order valence-electron chi connectivity index (χ2n) is 5.34. The van der Waals surface area contributed by atoms with Gasteiger partial charge in [-0.2, -0.15) is 9.78 Å². The van der Waals surface area contributed by atoms with Crippen LogP contribution in [0.4, 0.5) is 5.00 Å². The number of nitrogens with one attached hydrogen (secondary N) is 1. The molecule has 0 aliphatic carbocycles. The average Bonchev–Trinajstić information content (AvgIpc) is 2.93. The Morgan fingerprint density at radius 1 is 1.38 bits per heavy atom. The van der Waals surface area contributed by atoms with Crippen molar-refractivity contribution in [3.63, 3.8) is 0 Å². The Kier molecular flexibility index (Phi) is 5.39. The maximum Gasteiger partial charge on any atom is 0.332 e. The summed E-state index contributed by atoms with van der Waals surface area (Å²) < 4.78 is 6.16. The smallest absolute Gasteiger partial charge is 0.332 e. The van der Waals surface area contributed by atoms with Crippen molar-refractivity contribution in [2.75, 3.05) is 11.9 Å². The number of halogens is 1. The maximum absolute atomic E-state index is 13.0. The van der Waals surface area contributed by atoms with Crippen molar-refractivity contribution >= 4 is 44.7 Å². The number of aromatic nitrogens is 2. The minimum Gasteiger partial charge on any atom is -0.463 e. The van der Waals surface area contributed by atoms with Gasteiger partial charge in [0.05, 0.1) is 23.9 Å². The van der Waals surface area contributed by atoms with Gasteiger partial charge in [-0.25, -0.2) is 4.79 Å². The Hall–Kier alpha value is -2.64. The van der Waals surface area contributed by atoms with Crippen molar-refractivity contribution < 1.29 is 9.53 Å². The van der Waals surface area contributed by atoms with Crippen molar-refractivity contribution in [1.82, 2.24) is 9.78 Å². The number of anilines is 1. The Balaban J connectivity index is 2.02. The minimum absolute atomic E-state index is 0.249. The van der Waals surface area contributed by atoms with Crippen molar-refractivity contribution in [3.8, 4) is 5.69 Å². The van der Waals surface area contributed by atoms with Gasteiger partial charge in [0.15, 0.2) is 0 Å². The molecule has 1 aromatic carbocycles. The Labute approximate surface area is 158 Å². The number of rotatable bonds is 5. The van der Waals surface area contributed by atoms with Crippen molar-refractivity contribution in [2.24, 2.45) is 0 Å². The van der Waals surface area contributed by atoms with Crippen LogP contribution >= 0.6 is 22.9 Å². The number of nitrogens with zero attached hydrogens (tertiary/aromatic N) is 2. The predicted molar refractivity (Wildman–Crippen MR) is 104 cm³/mol. The molecule has 0 fully saturated rings. The highest BCUT2D eigenvalue weighted by atomic mass is 35.5. The molecule has 26 heavy (non-hydrogen) atoms. The molecule has 0 atom stereocenters. The van der Waals surface area contributed by atoms with Crippen molar-refractivity contribution in [1.29, 1.82) is 0 Å². The summed E-state index contributed by atoms with van der Waals surface area (Å²) in [6, 6.07) is 6.87. The molecular weight excluding hydrogens is 374 g/mol. The first-order chi connectivity index (χ1) is 12.5. The zero-order chi connectivity index (χ0) is 18.7. The summed E-state index contributed by atoms with van der Waals surface area (Å²) in [5.41, 5.74) is 0.374. The van der Waals surface area contributed by atoms with E-state index < -0.39 is 5.97 Å². The lowest BCUT2D eigenvalue weighted by molar-refractivity contribution is -0.137. The van der Waals surface area contributed by atoms with Crippen LogP contribution in [0, 0.1) is 6.92 Å². The fraction of sp³-hybridized carbons (Fsp3) is 0.167. The van der Waals surface area contributed by atoms with E-state index >= 15 is 0 Å². The van der Waals surface area contributed by atoms with Crippen LogP contribution in [0.15, 0.2) is 47.5 Å². The monoisotopic (exact) mass is 389 g/mol. The number of aryl methyl sites for hydroxylation is 1. The average molecular weight is 390 g/mol. The molecule has 2 heterocycles. The molecule has 0 radical (unpaired) electrons. The molecule has 0 amide bonds. The molecule has 1 N–H and O–H groups in total. The molecule has 0 saturated carbocycles. The second-order valence-corrected chi connectivity index (χ2v) is 7.00. The van der Waals surface area contributed by atoms with Gasteiger partial charge in [-0.05, 0) is 38.1 Å². The maximum atomic E-state index is 13.0. The summed E-state index contributed by atoms with van der Waals surface area (Å²) in [6.45, 7) is 3.96. The highest BCUT2D eigenvalue weighted by Gasteiger charge is 2.15. The number of benzene rings is 1. The third-order valence-electron chi connectivity index (χ3n) is 3.63. The first kappa shape index (κ1) is 18.2. The number of carbonyl (C=O) groups excluding carboxylic acids is 1. The van der Waals surface area contributed by atoms with Gasteiger partial charge in [0.25, 0.3) is 5.56 Å². The first-order valence-corrected chi connectivity index (χ1v) is 9.08. The fourth-order valence-corrected chi connectivity index (χ4v) is 3.57. The normalized spacial score (nSPS) is 11.2. The molecular formula is C18H16ClN3O3S. The van der Waals surface area contributed by atoms with Gasteiger partial charge in [0.1, 0.15) is 5.00 Å². The van der Waals surface area contributed by atoms with E-state index in [4.69, 9.17) is 16.3 Å². The second kappa shape index (κ2) is 7.72. The van der Waals surface area contributed by atoms with Crippen LogP contribution in [-0.4, -0.2) is 22.4 Å². The Bertz CT molecular complexity index is 1040. The molecule has 2 aromatic heterocycles. The van der Waals surface area contributed by atoms with Gasteiger partial charge in [0, 0.05) is 27.6 Å². The summed E-state index contributed by atoms with van der Waals surface area (Å²) in [4.78, 5) is 25.3. The summed E-state index contributed by atoms with van der Waals surface area (Å²) in [5.74, 6) is -0.446. The number of thiophene rings is 1. The van der Waals surface area contributed by atoms with Crippen LogP contribution in [0.1, 0.15) is 11.8 Å². The number of hydrogen-bond acceptors (Lipinski definition) is 6. The molecule has 0 aliphatic rings. The summed E-state index contributed by atoms with van der Waals surface area (Å²) >= 11 is 7.33. The van der Waals surface area contributed by atoms with Gasteiger partial charge in [0.2, 0.25) is 0 Å². The molecule has 134 valence electrons. The summed E-state index contributed by atoms with van der Waals surface area (Å²) in [7, 11) is 0. The molecule has 0 bridgehead atoms. The SMILES string of the molecule is CCOC(=O)/C=C/Nc1sc(C)c2cnn(-c3ccc(Cl)cc3)c(=O)c12. The summed E-state index contributed by atoms with van der Waals surface area (Å²) in [6.07, 6.45) is 4.41. The number of fused-ring (bicyclic) bond motifs is 1. The lowest BCUT2D eigenvalue weighted by atomic mass is 10.2. The standard InChI is InChI=1S/C18H16ClN3O3S/c1-3-25-15(23)8-9-20-17-16-14(11(2)26-17)10-21-22(18(16)24)13-6-4-12(19)5-7-13/h4-10,20H,3H2,1-2H3/b9-8+. The van der Waals surface area contributed by atoms with Gasteiger partial charge >= 0.3 is 5.97 Å². The Morgan fingerprint density at radius 3 is 2.81 bits per heavy atom. The molecule has 3 aromatic rings. The van der Waals surface area contributed by atoms with E-state index in [0.717, 1.165) is 10.3 Å². The Morgan fingerprint density at radius 2 is 2.12 bits per heavy atom. The fourth-order valence-electron chi connectivity index (χ4n) is 2.44. The largest absolute Gasteiger partial charge is 0.463 e. The van der Waals surface area contributed by atoms with Gasteiger partial charge in [-0.15, -0.1) is 11.3 Å². The predicted octanol–water partition coefficient (Wildman–Crippen LogP) is 3.90. The number of hydrogen-bond donors (Lipinski definition) is 1. The zero-order valence-corrected chi connectivity index (χ0v) is 15.7. The van der Waals surface area contributed by atoms with E-state index in [1.54, 1.807) is 37.4 Å². The quantitative estimate of drug-likeness (QED) is 0.529. The number of ether oxygens (including phenoxy) is 1. The highest BCUT2D eigenvalue weighted by Crippen LogP contribution is 2.32. The van der Waals surface area contributed by atoms with Crippen LogP contribution in [0.3, 0.4) is 0 Å². The van der Waals surface area contributed by atoms with E-state index in [0.29, 0.717) is 27.7 Å². The van der Waals surface area contributed by atoms with Crippen LogP contribution in [-0.2, 0) is 9.53 Å². The van der Waals surface area contributed by atoms with Crippen LogP contribution in [0.25, 0.3) is 16.5 Å². The minimum atomic E-state index is -0.446. The summed E-state index contributed by atoms with van der Waals surface area (Å²) in [5, 5.41) is 9.79. The van der Waals surface area contributed by atoms with Crippen molar-refractivity contribution in [2.45, 2.75) is 13.8 Å². The van der Waals surface area contributed by atoms with Crippen LogP contribution in [0.2, 0.25) is 5.02 Å². The lowest BCUT2D eigenvalue weighted by Gasteiger charge is -2.05. The van der Waals surface area contributed by atoms with E-state index in [-0.39, 0.29) is 5.56 Å². The van der Waals surface area contributed by atoms with Gasteiger partial charge in [-0.1, -0.05) is 11.6 Å². The van der Waals surface area contributed by atoms with Gasteiger partial charge in [-0.3, -0.25) is 4.79 Å². The lowest BCUT2D eigenvalue weighted by Crippen LogP contribution is -2.20. The molecule has 0 aliphatic heterocycles. The topological polar surface area (TPSA) is 73.2 Å². The van der Waals surface area contributed by atoms with Gasteiger partial charge < -0.3 is 10.1 Å². The van der Waals surface area contributed by atoms with E-state index in [2.05, 4.69) is 10.4 Å². The van der Waals surface area contributed by atoms with E-state index in [1.165, 1.54) is 28.3 Å². The molecule has 3 rings (SSSR count). The molecule has 8 heteroatoms. The molecule has 0 spiro atoms. The third-order valence-corrected chi connectivity index (χ3v) is 4.94. The number of carbonyl (C=O) groups is 1.